The van der Waals surface area contributed by atoms with Crippen LogP contribution in [0.1, 0.15) is 16.1 Å². The highest BCUT2D eigenvalue weighted by Gasteiger charge is 2.17. The molecule has 2 heterocycles. The molecule has 11 heteroatoms. The van der Waals surface area contributed by atoms with E-state index in [4.69, 9.17) is 9.15 Å². The van der Waals surface area contributed by atoms with Gasteiger partial charge in [-0.1, -0.05) is 0 Å². The zero-order valence-corrected chi connectivity index (χ0v) is 18.3. The van der Waals surface area contributed by atoms with Gasteiger partial charge in [0.25, 0.3) is 15.9 Å². The Morgan fingerprint density at radius 3 is 2.52 bits per heavy atom. The van der Waals surface area contributed by atoms with Crippen molar-refractivity contribution < 1.29 is 22.4 Å². The maximum atomic E-state index is 12.6. The third-order valence-electron chi connectivity index (χ3n) is 4.63. The van der Waals surface area contributed by atoms with Gasteiger partial charge in [-0.25, -0.2) is 27.9 Å². The number of aryl methyl sites for hydroxylation is 1. The minimum absolute atomic E-state index is 0.0490. The largest absolute Gasteiger partial charge is 0.497 e. The molecule has 4 aromatic rings. The Hall–Kier alpha value is -4.25. The van der Waals surface area contributed by atoms with E-state index in [1.807, 2.05) is 0 Å². The summed E-state index contributed by atoms with van der Waals surface area (Å²) in [6.45, 7) is 1.71. The molecular weight excluding hydrogens is 448 g/mol. The molecule has 4 rings (SSSR count). The smallest absolute Gasteiger partial charge is 0.349 e. The van der Waals surface area contributed by atoms with Crippen LogP contribution in [0, 0.1) is 6.92 Å². The number of carbonyl (C=O) groups is 1. The predicted molar refractivity (Wildman–Crippen MR) is 121 cm³/mol. The lowest BCUT2D eigenvalue weighted by molar-refractivity contribution is 0.102. The van der Waals surface area contributed by atoms with Gasteiger partial charge in [0.2, 0.25) is 5.95 Å². The van der Waals surface area contributed by atoms with Gasteiger partial charge >= 0.3 is 5.63 Å². The quantitative estimate of drug-likeness (QED) is 0.413. The number of anilines is 2. The van der Waals surface area contributed by atoms with E-state index in [2.05, 4.69) is 20.0 Å². The number of methoxy groups -OCH3 is 1. The fraction of sp³-hybridized carbons (Fsp3) is 0.0909. The number of nitrogens with zero attached hydrogens (tertiary/aromatic N) is 2. The zero-order valence-electron chi connectivity index (χ0n) is 17.5. The molecule has 0 bridgehead atoms. The van der Waals surface area contributed by atoms with Crippen molar-refractivity contribution in [2.45, 2.75) is 11.8 Å². The van der Waals surface area contributed by atoms with Crippen LogP contribution in [0.5, 0.6) is 5.75 Å². The number of hydrogen-bond donors (Lipinski definition) is 2. The van der Waals surface area contributed by atoms with E-state index in [0.717, 1.165) is 0 Å². The van der Waals surface area contributed by atoms with E-state index >= 15 is 0 Å². The SMILES string of the molecule is COc1ccc2oc(=O)c(C(=O)Nc3ccc(S(=O)(=O)Nc4nccc(C)n4)cc3)cc2c1. The van der Waals surface area contributed by atoms with Gasteiger partial charge in [-0.05, 0) is 61.5 Å². The molecular formula is C22H18N4O6S. The molecule has 0 radical (unpaired) electrons. The average Bonchev–Trinajstić information content (AvgIpc) is 2.78. The van der Waals surface area contributed by atoms with Crippen LogP contribution in [-0.2, 0) is 10.0 Å². The number of benzene rings is 2. The summed E-state index contributed by atoms with van der Waals surface area (Å²) >= 11 is 0. The highest BCUT2D eigenvalue weighted by atomic mass is 32.2. The fourth-order valence-corrected chi connectivity index (χ4v) is 3.93. The molecule has 0 saturated carbocycles. The van der Waals surface area contributed by atoms with Crippen LogP contribution < -0.4 is 20.4 Å². The van der Waals surface area contributed by atoms with Crippen LogP contribution in [0.25, 0.3) is 11.0 Å². The number of fused-ring (bicyclic) bond motifs is 1. The molecule has 0 unspecified atom stereocenters. The topological polar surface area (TPSA) is 140 Å². The number of nitrogens with one attached hydrogen (secondary N) is 2. The van der Waals surface area contributed by atoms with Crippen molar-refractivity contribution in [1.29, 1.82) is 0 Å². The van der Waals surface area contributed by atoms with Crippen LogP contribution in [-0.4, -0.2) is 31.4 Å². The fourth-order valence-electron chi connectivity index (χ4n) is 2.98. The van der Waals surface area contributed by atoms with Gasteiger partial charge in [0.05, 0.1) is 12.0 Å². The van der Waals surface area contributed by atoms with Crippen molar-refractivity contribution in [2.75, 3.05) is 17.1 Å². The first-order valence-corrected chi connectivity index (χ1v) is 11.1. The maximum absolute atomic E-state index is 12.6. The average molecular weight is 466 g/mol. The zero-order chi connectivity index (χ0) is 23.6. The lowest BCUT2D eigenvalue weighted by atomic mass is 10.1. The van der Waals surface area contributed by atoms with Crippen molar-refractivity contribution in [3.8, 4) is 5.75 Å². The summed E-state index contributed by atoms with van der Waals surface area (Å²) in [5.41, 5.74) is 0.211. The Bertz CT molecular complexity index is 1510. The molecule has 1 amide bonds. The minimum atomic E-state index is -3.93. The van der Waals surface area contributed by atoms with E-state index in [1.54, 1.807) is 31.2 Å². The van der Waals surface area contributed by atoms with Gasteiger partial charge in [0.1, 0.15) is 16.9 Å². The predicted octanol–water partition coefficient (Wildman–Crippen LogP) is 2.95. The van der Waals surface area contributed by atoms with Crippen molar-refractivity contribution in [3.05, 3.63) is 82.5 Å². The summed E-state index contributed by atoms with van der Waals surface area (Å²) in [7, 11) is -2.43. The number of sulfonamides is 1. The maximum Gasteiger partial charge on any atom is 0.349 e. The molecule has 10 nitrogen and oxygen atoms in total. The van der Waals surface area contributed by atoms with Crippen molar-refractivity contribution >= 4 is 38.5 Å². The molecule has 0 spiro atoms. The molecule has 2 N–H and O–H groups in total. The second-order valence-electron chi connectivity index (χ2n) is 6.96. The van der Waals surface area contributed by atoms with Crippen LogP contribution in [0.4, 0.5) is 11.6 Å². The van der Waals surface area contributed by atoms with Crippen molar-refractivity contribution in [3.63, 3.8) is 0 Å². The van der Waals surface area contributed by atoms with Gasteiger partial charge in [0.15, 0.2) is 0 Å². The summed E-state index contributed by atoms with van der Waals surface area (Å²) in [5.74, 6) is -0.202. The normalized spacial score (nSPS) is 11.2. The van der Waals surface area contributed by atoms with E-state index < -0.39 is 21.6 Å². The lowest BCUT2D eigenvalue weighted by Crippen LogP contribution is -2.20. The molecule has 0 atom stereocenters. The van der Waals surface area contributed by atoms with Crippen LogP contribution in [0.3, 0.4) is 0 Å². The molecule has 0 saturated heterocycles. The number of hydrogen-bond acceptors (Lipinski definition) is 8. The Morgan fingerprint density at radius 2 is 1.82 bits per heavy atom. The second kappa shape index (κ2) is 8.71. The number of aromatic nitrogens is 2. The Morgan fingerprint density at radius 1 is 1.06 bits per heavy atom. The van der Waals surface area contributed by atoms with E-state index in [9.17, 15) is 18.0 Å². The van der Waals surface area contributed by atoms with E-state index in [1.165, 1.54) is 43.6 Å². The van der Waals surface area contributed by atoms with Crippen LogP contribution in [0.2, 0.25) is 0 Å². The standard InChI is InChI=1S/C22H18N4O6S/c1-13-9-10-23-22(24-13)26-33(29,30)17-6-3-15(4-7-17)25-20(27)18-12-14-11-16(31-2)5-8-19(14)32-21(18)28/h3-12H,1-2H3,(H,25,27)(H,23,24,26). The Balaban J connectivity index is 1.53. The van der Waals surface area contributed by atoms with Crippen LogP contribution in [0.15, 0.2) is 74.9 Å². The highest BCUT2D eigenvalue weighted by molar-refractivity contribution is 7.92. The number of rotatable bonds is 6. The first-order valence-electron chi connectivity index (χ1n) is 9.61. The summed E-state index contributed by atoms with van der Waals surface area (Å²) in [5, 5.41) is 3.08. The molecule has 2 aromatic carbocycles. The van der Waals surface area contributed by atoms with Gasteiger partial charge < -0.3 is 14.5 Å². The van der Waals surface area contributed by atoms with Gasteiger partial charge in [-0.3, -0.25) is 4.79 Å². The van der Waals surface area contributed by atoms with E-state index in [-0.39, 0.29) is 22.1 Å². The second-order valence-corrected chi connectivity index (χ2v) is 8.64. The third-order valence-corrected chi connectivity index (χ3v) is 5.97. The molecule has 0 aliphatic rings. The van der Waals surface area contributed by atoms with Crippen molar-refractivity contribution in [2.24, 2.45) is 0 Å². The van der Waals surface area contributed by atoms with Gasteiger partial charge in [0, 0.05) is 23.0 Å². The molecule has 0 aliphatic carbocycles. The summed E-state index contributed by atoms with van der Waals surface area (Å²) < 4.78 is 37.7. The molecule has 33 heavy (non-hydrogen) atoms. The van der Waals surface area contributed by atoms with Crippen molar-refractivity contribution in [1.82, 2.24) is 9.97 Å². The van der Waals surface area contributed by atoms with E-state index in [0.29, 0.717) is 22.4 Å². The molecule has 168 valence electrons. The molecule has 0 fully saturated rings. The summed E-state index contributed by atoms with van der Waals surface area (Å²) in [6, 6.07) is 13.3. The lowest BCUT2D eigenvalue weighted by Gasteiger charge is -2.09. The number of amides is 1. The highest BCUT2D eigenvalue weighted by Crippen LogP contribution is 2.21. The first-order chi connectivity index (χ1) is 15.7. The van der Waals surface area contributed by atoms with Gasteiger partial charge in [-0.15, -0.1) is 0 Å². The molecule has 0 aliphatic heterocycles. The first kappa shape index (κ1) is 22.0. The Labute approximate surface area is 188 Å². The third kappa shape index (κ3) is 4.83. The molecule has 2 aromatic heterocycles. The van der Waals surface area contributed by atoms with Crippen LogP contribution >= 0.6 is 0 Å². The summed E-state index contributed by atoms with van der Waals surface area (Å²) in [6.07, 6.45) is 1.44. The Kier molecular flexibility index (Phi) is 5.80. The number of carbonyl (C=O) groups excluding carboxylic acids is 1. The summed E-state index contributed by atoms with van der Waals surface area (Å²) in [4.78, 5) is 32.7. The van der Waals surface area contributed by atoms with Gasteiger partial charge in [-0.2, -0.15) is 0 Å². The number of ether oxygens (including phenoxy) is 1. The minimum Gasteiger partial charge on any atom is -0.497 e. The monoisotopic (exact) mass is 466 g/mol.